The molecule has 2 aliphatic carbocycles. The standard InChI is InChI=1S/C31H34FN/c1-2-3-4-23-7-12-26(13-8-23)28-17-19-29(20-18-28)27-14-9-24(10-15-27)5-6-25-11-16-30(22-33)31(32)21-25/h2,9-11,14-16,21,23,26,28-29H,1,3-4,7-8,12-13,17-20H2. The Morgan fingerprint density at radius 2 is 1.45 bits per heavy atom. The molecule has 0 unspecified atom stereocenters. The van der Waals surface area contributed by atoms with Crippen LogP contribution in [0.2, 0.25) is 0 Å². The molecule has 33 heavy (non-hydrogen) atoms. The van der Waals surface area contributed by atoms with E-state index in [-0.39, 0.29) is 5.56 Å². The number of hydrogen-bond acceptors (Lipinski definition) is 1. The van der Waals surface area contributed by atoms with E-state index in [9.17, 15) is 4.39 Å². The molecule has 0 heterocycles. The predicted octanol–water partition coefficient (Wildman–Crippen LogP) is 8.14. The highest BCUT2D eigenvalue weighted by Gasteiger charge is 2.31. The van der Waals surface area contributed by atoms with E-state index in [2.05, 4.69) is 48.8 Å². The second-order valence-corrected chi connectivity index (χ2v) is 9.94. The van der Waals surface area contributed by atoms with Crippen molar-refractivity contribution in [3.63, 3.8) is 0 Å². The van der Waals surface area contributed by atoms with Crippen molar-refractivity contribution in [2.75, 3.05) is 0 Å². The van der Waals surface area contributed by atoms with Crippen LogP contribution >= 0.6 is 0 Å². The fourth-order valence-corrected chi connectivity index (χ4v) is 5.89. The van der Waals surface area contributed by atoms with Crippen molar-refractivity contribution in [2.45, 2.75) is 70.1 Å². The molecule has 2 aromatic rings. The number of halogens is 1. The molecule has 0 bridgehead atoms. The third kappa shape index (κ3) is 6.15. The Kier molecular flexibility index (Phi) is 8.01. The fraction of sp³-hybridized carbons (Fsp3) is 0.452. The van der Waals surface area contributed by atoms with Gasteiger partial charge in [0.1, 0.15) is 11.9 Å². The van der Waals surface area contributed by atoms with Crippen molar-refractivity contribution in [3.8, 4) is 17.9 Å². The molecule has 0 aliphatic heterocycles. The average molecular weight is 440 g/mol. The van der Waals surface area contributed by atoms with Gasteiger partial charge in [-0.25, -0.2) is 4.39 Å². The van der Waals surface area contributed by atoms with Crippen LogP contribution in [0.3, 0.4) is 0 Å². The van der Waals surface area contributed by atoms with E-state index in [1.54, 1.807) is 6.07 Å². The van der Waals surface area contributed by atoms with Crippen molar-refractivity contribution in [2.24, 2.45) is 17.8 Å². The molecule has 0 atom stereocenters. The molecule has 2 aliphatic rings. The smallest absolute Gasteiger partial charge is 0.142 e. The maximum absolute atomic E-state index is 13.7. The first-order valence-electron chi connectivity index (χ1n) is 12.6. The zero-order valence-corrected chi connectivity index (χ0v) is 19.5. The van der Waals surface area contributed by atoms with Crippen LogP contribution in [0, 0.1) is 46.7 Å². The van der Waals surface area contributed by atoms with Crippen LogP contribution in [0.25, 0.3) is 0 Å². The van der Waals surface area contributed by atoms with Crippen molar-refractivity contribution < 1.29 is 4.39 Å². The maximum Gasteiger partial charge on any atom is 0.142 e. The Hall–Kier alpha value is -2.84. The van der Waals surface area contributed by atoms with Crippen LogP contribution in [0.1, 0.15) is 92.4 Å². The van der Waals surface area contributed by atoms with Gasteiger partial charge < -0.3 is 0 Å². The lowest BCUT2D eigenvalue weighted by molar-refractivity contribution is 0.157. The van der Waals surface area contributed by atoms with Gasteiger partial charge in [-0.3, -0.25) is 0 Å². The Balaban J connectivity index is 1.27. The largest absolute Gasteiger partial charge is 0.206 e. The molecule has 0 aromatic heterocycles. The first kappa shape index (κ1) is 23.3. The average Bonchev–Trinajstić information content (AvgIpc) is 2.87. The minimum atomic E-state index is -0.518. The third-order valence-corrected chi connectivity index (χ3v) is 7.93. The summed E-state index contributed by atoms with van der Waals surface area (Å²) < 4.78 is 13.7. The minimum absolute atomic E-state index is 0.0517. The molecule has 4 rings (SSSR count). The van der Waals surface area contributed by atoms with E-state index >= 15 is 0 Å². The van der Waals surface area contributed by atoms with E-state index in [4.69, 9.17) is 5.26 Å². The highest BCUT2D eigenvalue weighted by molar-refractivity contribution is 5.46. The summed E-state index contributed by atoms with van der Waals surface area (Å²) in [6.07, 6.45) is 15.7. The van der Waals surface area contributed by atoms with Crippen molar-refractivity contribution in [3.05, 3.63) is 83.2 Å². The lowest BCUT2D eigenvalue weighted by atomic mass is 9.68. The summed E-state index contributed by atoms with van der Waals surface area (Å²) in [7, 11) is 0. The van der Waals surface area contributed by atoms with Crippen LogP contribution < -0.4 is 0 Å². The van der Waals surface area contributed by atoms with Crippen LogP contribution in [0.4, 0.5) is 4.39 Å². The SMILES string of the molecule is C=CCCC1CCC(C2CCC(c3ccc(C#Cc4ccc(C#N)c(F)c4)cc3)CC2)CC1. The second-order valence-electron chi connectivity index (χ2n) is 9.94. The minimum Gasteiger partial charge on any atom is -0.206 e. The monoisotopic (exact) mass is 439 g/mol. The van der Waals surface area contributed by atoms with Crippen molar-refractivity contribution in [1.82, 2.24) is 0 Å². The maximum atomic E-state index is 13.7. The summed E-state index contributed by atoms with van der Waals surface area (Å²) in [6, 6.07) is 14.9. The van der Waals surface area contributed by atoms with Gasteiger partial charge in [-0.2, -0.15) is 5.26 Å². The Morgan fingerprint density at radius 3 is 2.06 bits per heavy atom. The molecule has 2 heteroatoms. The fourth-order valence-electron chi connectivity index (χ4n) is 5.89. The molecule has 0 spiro atoms. The Labute approximate surface area is 198 Å². The molecular weight excluding hydrogens is 405 g/mol. The molecule has 0 radical (unpaired) electrons. The lowest BCUT2D eigenvalue weighted by Gasteiger charge is -2.38. The van der Waals surface area contributed by atoms with Crippen LogP contribution in [0.15, 0.2) is 55.1 Å². The predicted molar refractivity (Wildman–Crippen MR) is 133 cm³/mol. The zero-order chi connectivity index (χ0) is 23.0. The number of allylic oxidation sites excluding steroid dienone is 1. The van der Waals surface area contributed by atoms with Crippen molar-refractivity contribution in [1.29, 1.82) is 5.26 Å². The van der Waals surface area contributed by atoms with E-state index in [1.807, 2.05) is 6.07 Å². The van der Waals surface area contributed by atoms with Gasteiger partial charge in [0.15, 0.2) is 0 Å². The van der Waals surface area contributed by atoms with Gasteiger partial charge in [0.05, 0.1) is 5.56 Å². The number of rotatable bonds is 5. The van der Waals surface area contributed by atoms with E-state index in [0.29, 0.717) is 11.5 Å². The summed E-state index contributed by atoms with van der Waals surface area (Å²) in [5, 5.41) is 8.84. The first-order valence-corrected chi connectivity index (χ1v) is 12.6. The molecule has 0 saturated heterocycles. The van der Waals surface area contributed by atoms with Gasteiger partial charge in [0.2, 0.25) is 0 Å². The van der Waals surface area contributed by atoms with E-state index < -0.39 is 5.82 Å². The Bertz CT molecular complexity index is 1030. The molecule has 2 fully saturated rings. The molecule has 0 amide bonds. The molecule has 0 N–H and O–H groups in total. The summed E-state index contributed by atoms with van der Waals surface area (Å²) >= 11 is 0. The highest BCUT2D eigenvalue weighted by Crippen LogP contribution is 2.44. The van der Waals surface area contributed by atoms with Gasteiger partial charge in [0.25, 0.3) is 0 Å². The summed E-state index contributed by atoms with van der Waals surface area (Å²) in [4.78, 5) is 0. The normalized spacial score (nSPS) is 24.8. The zero-order valence-electron chi connectivity index (χ0n) is 19.5. The molecule has 170 valence electrons. The number of nitriles is 1. The van der Waals surface area contributed by atoms with Gasteiger partial charge in [-0.05, 0) is 111 Å². The summed E-state index contributed by atoms with van der Waals surface area (Å²) in [6.45, 7) is 3.87. The number of nitrogens with zero attached hydrogens (tertiary/aromatic N) is 1. The molecule has 2 saturated carbocycles. The lowest BCUT2D eigenvalue weighted by Crippen LogP contribution is -2.25. The van der Waals surface area contributed by atoms with E-state index in [1.165, 1.54) is 81.9 Å². The van der Waals surface area contributed by atoms with E-state index in [0.717, 1.165) is 23.3 Å². The van der Waals surface area contributed by atoms with Crippen LogP contribution in [-0.2, 0) is 0 Å². The van der Waals surface area contributed by atoms with Crippen LogP contribution in [-0.4, -0.2) is 0 Å². The van der Waals surface area contributed by atoms with Gasteiger partial charge in [-0.1, -0.05) is 42.9 Å². The summed E-state index contributed by atoms with van der Waals surface area (Å²) in [5.41, 5.74) is 3.00. The topological polar surface area (TPSA) is 23.8 Å². The number of benzene rings is 2. The quantitative estimate of drug-likeness (QED) is 0.341. The molecule has 1 nitrogen and oxygen atoms in total. The summed E-state index contributed by atoms with van der Waals surface area (Å²) in [5.74, 6) is 9.09. The molecular formula is C31H34FN. The second kappa shape index (κ2) is 11.3. The highest BCUT2D eigenvalue weighted by atomic mass is 19.1. The Morgan fingerprint density at radius 1 is 0.848 bits per heavy atom. The third-order valence-electron chi connectivity index (χ3n) is 7.93. The van der Waals surface area contributed by atoms with Gasteiger partial charge in [-0.15, -0.1) is 6.58 Å². The van der Waals surface area contributed by atoms with Crippen LogP contribution in [0.5, 0.6) is 0 Å². The van der Waals surface area contributed by atoms with Crippen molar-refractivity contribution >= 4 is 0 Å². The molecule has 2 aromatic carbocycles. The van der Waals surface area contributed by atoms with Gasteiger partial charge in [0, 0.05) is 11.1 Å². The number of hydrogen-bond donors (Lipinski definition) is 0. The first-order chi connectivity index (χ1) is 16.2. The van der Waals surface area contributed by atoms with Gasteiger partial charge >= 0.3 is 0 Å².